The first-order valence-corrected chi connectivity index (χ1v) is 9.19. The van der Waals surface area contributed by atoms with Crippen LogP contribution in [0.15, 0.2) is 65.7 Å². The molecule has 0 amide bonds. The smallest absolute Gasteiger partial charge is 0.222 e. The highest BCUT2D eigenvalue weighted by atomic mass is 19.1. The molecule has 5 heteroatoms. The van der Waals surface area contributed by atoms with Gasteiger partial charge in [-0.05, 0) is 42.8 Å². The lowest BCUT2D eigenvalue weighted by atomic mass is 9.97. The van der Waals surface area contributed by atoms with Crippen molar-refractivity contribution in [1.82, 2.24) is 0 Å². The van der Waals surface area contributed by atoms with Crippen LogP contribution in [0.25, 0.3) is 0 Å². The monoisotopic (exact) mass is 375 g/mol. The van der Waals surface area contributed by atoms with Gasteiger partial charge < -0.3 is 14.2 Å². The molecule has 3 aromatic rings. The summed E-state index contributed by atoms with van der Waals surface area (Å²) in [6.07, 6.45) is -0.344. The Bertz CT molecular complexity index is 1060. The minimum atomic E-state index is -0.344. The van der Waals surface area contributed by atoms with Crippen LogP contribution in [0.4, 0.5) is 10.1 Å². The van der Waals surface area contributed by atoms with Crippen molar-refractivity contribution >= 4 is 11.6 Å². The molecule has 2 aliphatic rings. The average Bonchev–Trinajstić information content (AvgIpc) is 2.73. The number of aryl methyl sites for hydroxylation is 1. The lowest BCUT2D eigenvalue weighted by molar-refractivity contribution is 0.170. The molecule has 4 nitrogen and oxygen atoms in total. The highest BCUT2D eigenvalue weighted by Gasteiger charge is 2.29. The molecule has 0 saturated carbocycles. The molecule has 1 atom stereocenters. The van der Waals surface area contributed by atoms with Gasteiger partial charge in [0.05, 0.1) is 5.69 Å². The Morgan fingerprint density at radius 1 is 0.893 bits per heavy atom. The molecule has 0 saturated heterocycles. The maximum Gasteiger partial charge on any atom is 0.222 e. The van der Waals surface area contributed by atoms with Crippen molar-refractivity contribution in [3.8, 4) is 11.5 Å². The van der Waals surface area contributed by atoms with E-state index < -0.39 is 0 Å². The number of halogens is 1. The highest BCUT2D eigenvalue weighted by Crippen LogP contribution is 2.45. The van der Waals surface area contributed by atoms with Crippen molar-refractivity contribution in [2.45, 2.75) is 13.0 Å². The van der Waals surface area contributed by atoms with E-state index >= 15 is 0 Å². The van der Waals surface area contributed by atoms with E-state index in [0.717, 1.165) is 22.4 Å². The van der Waals surface area contributed by atoms with Gasteiger partial charge >= 0.3 is 0 Å². The van der Waals surface area contributed by atoms with E-state index in [1.807, 2.05) is 31.2 Å². The van der Waals surface area contributed by atoms with E-state index in [9.17, 15) is 4.39 Å². The number of hydrogen-bond donors (Lipinski definition) is 0. The molecule has 0 radical (unpaired) electrons. The summed E-state index contributed by atoms with van der Waals surface area (Å²) in [4.78, 5) is 4.68. The molecule has 140 valence electrons. The predicted octanol–water partition coefficient (Wildman–Crippen LogP) is 5.10. The third kappa shape index (κ3) is 2.99. The van der Waals surface area contributed by atoms with Gasteiger partial charge in [0.1, 0.15) is 19.0 Å². The van der Waals surface area contributed by atoms with Crippen LogP contribution in [-0.4, -0.2) is 19.1 Å². The van der Waals surface area contributed by atoms with Gasteiger partial charge in [-0.25, -0.2) is 9.38 Å². The molecule has 2 aliphatic heterocycles. The molecule has 0 aliphatic carbocycles. The summed E-state index contributed by atoms with van der Waals surface area (Å²) in [7, 11) is 0. The summed E-state index contributed by atoms with van der Waals surface area (Å²) in [5.41, 5.74) is 4.59. The predicted molar refractivity (Wildman–Crippen MR) is 104 cm³/mol. The fourth-order valence-corrected chi connectivity index (χ4v) is 3.43. The third-order valence-electron chi connectivity index (χ3n) is 4.90. The highest BCUT2D eigenvalue weighted by molar-refractivity contribution is 5.97. The largest absolute Gasteiger partial charge is 0.486 e. The molecular weight excluding hydrogens is 357 g/mol. The summed E-state index contributed by atoms with van der Waals surface area (Å²) in [6, 6.07) is 18.2. The fourth-order valence-electron chi connectivity index (χ4n) is 3.43. The Kier molecular flexibility index (Phi) is 4.01. The van der Waals surface area contributed by atoms with E-state index in [2.05, 4.69) is 17.1 Å². The minimum absolute atomic E-state index is 0.296. The van der Waals surface area contributed by atoms with Crippen LogP contribution in [-0.2, 0) is 4.74 Å². The van der Waals surface area contributed by atoms with Gasteiger partial charge in [-0.15, -0.1) is 0 Å². The summed E-state index contributed by atoms with van der Waals surface area (Å²) in [5.74, 6) is 1.54. The van der Waals surface area contributed by atoms with Gasteiger partial charge in [-0.3, -0.25) is 0 Å². The topological polar surface area (TPSA) is 40.0 Å². The van der Waals surface area contributed by atoms with Crippen LogP contribution in [0.2, 0.25) is 0 Å². The molecule has 28 heavy (non-hydrogen) atoms. The number of hydrogen-bond acceptors (Lipinski definition) is 4. The summed E-state index contributed by atoms with van der Waals surface area (Å²) in [6.45, 7) is 3.08. The van der Waals surface area contributed by atoms with Crippen molar-refractivity contribution in [1.29, 1.82) is 0 Å². The molecule has 1 unspecified atom stereocenters. The normalized spacial score (nSPS) is 17.4. The van der Waals surface area contributed by atoms with Crippen molar-refractivity contribution < 1.29 is 18.6 Å². The molecule has 3 aromatic carbocycles. The second-order valence-corrected chi connectivity index (χ2v) is 6.89. The van der Waals surface area contributed by atoms with Crippen molar-refractivity contribution in [2.24, 2.45) is 4.99 Å². The second-order valence-electron chi connectivity index (χ2n) is 6.89. The Morgan fingerprint density at radius 2 is 1.57 bits per heavy atom. The van der Waals surface area contributed by atoms with E-state index in [-0.39, 0.29) is 11.9 Å². The molecule has 0 spiro atoms. The third-order valence-corrected chi connectivity index (χ3v) is 4.90. The van der Waals surface area contributed by atoms with Crippen LogP contribution in [0.1, 0.15) is 28.4 Å². The van der Waals surface area contributed by atoms with Crippen LogP contribution in [0.3, 0.4) is 0 Å². The van der Waals surface area contributed by atoms with Gasteiger partial charge in [-0.1, -0.05) is 29.8 Å². The Hall–Kier alpha value is -3.34. The standard InChI is InChI=1S/C23H18FNO3/c1-14-2-4-15(5-3-14)22-18-12-20-21(27-11-10-26-20)13-19(18)25-23(28-22)16-6-8-17(24)9-7-16/h2-9,12-13,22H,10-11H2,1H3. The number of benzene rings is 3. The maximum absolute atomic E-state index is 13.3. The van der Waals surface area contributed by atoms with Crippen LogP contribution >= 0.6 is 0 Å². The number of fused-ring (bicyclic) bond motifs is 2. The van der Waals surface area contributed by atoms with Crippen LogP contribution in [0, 0.1) is 12.7 Å². The molecule has 0 N–H and O–H groups in total. The SMILES string of the molecule is Cc1ccc(C2OC(c3ccc(F)cc3)=Nc3cc4c(cc32)OCCO4)cc1. The number of nitrogens with zero attached hydrogens (tertiary/aromatic N) is 1. The first-order valence-electron chi connectivity index (χ1n) is 9.19. The molecule has 5 rings (SSSR count). The van der Waals surface area contributed by atoms with Crippen molar-refractivity contribution in [3.63, 3.8) is 0 Å². The fraction of sp³-hybridized carbons (Fsp3) is 0.174. The van der Waals surface area contributed by atoms with Gasteiger partial charge in [0.15, 0.2) is 17.6 Å². The van der Waals surface area contributed by atoms with E-state index in [1.165, 1.54) is 17.7 Å². The molecule has 2 heterocycles. The lowest BCUT2D eigenvalue weighted by Crippen LogP contribution is -2.20. The lowest BCUT2D eigenvalue weighted by Gasteiger charge is -2.29. The van der Waals surface area contributed by atoms with E-state index in [1.54, 1.807) is 12.1 Å². The quantitative estimate of drug-likeness (QED) is 0.625. The second kappa shape index (κ2) is 6.68. The Balaban J connectivity index is 1.65. The van der Waals surface area contributed by atoms with Gasteiger partial charge in [0.25, 0.3) is 0 Å². The van der Waals surface area contributed by atoms with Gasteiger partial charge in [0, 0.05) is 17.2 Å². The average molecular weight is 375 g/mol. The Labute approximate surface area is 162 Å². The molecule has 0 fully saturated rings. The number of aliphatic imine (C=N–C) groups is 1. The molecule has 0 bridgehead atoms. The zero-order valence-electron chi connectivity index (χ0n) is 15.3. The summed E-state index contributed by atoms with van der Waals surface area (Å²) in [5, 5.41) is 0. The first kappa shape index (κ1) is 16.8. The molecule has 0 aromatic heterocycles. The minimum Gasteiger partial charge on any atom is -0.486 e. The number of rotatable bonds is 2. The zero-order valence-corrected chi connectivity index (χ0v) is 15.3. The first-order chi connectivity index (χ1) is 13.7. The molecular formula is C23H18FNO3. The van der Waals surface area contributed by atoms with Gasteiger partial charge in [-0.2, -0.15) is 0 Å². The summed E-state index contributed by atoms with van der Waals surface area (Å²) < 4.78 is 31.1. The summed E-state index contributed by atoms with van der Waals surface area (Å²) >= 11 is 0. The number of ether oxygens (including phenoxy) is 3. The maximum atomic E-state index is 13.3. The van der Waals surface area contributed by atoms with E-state index in [0.29, 0.717) is 30.6 Å². The Morgan fingerprint density at radius 3 is 2.29 bits per heavy atom. The van der Waals surface area contributed by atoms with E-state index in [4.69, 9.17) is 14.2 Å². The van der Waals surface area contributed by atoms with Crippen molar-refractivity contribution in [2.75, 3.05) is 13.2 Å². The van der Waals surface area contributed by atoms with Gasteiger partial charge in [0.2, 0.25) is 5.90 Å². The van der Waals surface area contributed by atoms with Crippen molar-refractivity contribution in [3.05, 3.63) is 88.7 Å². The van der Waals surface area contributed by atoms with Crippen LogP contribution < -0.4 is 9.47 Å². The zero-order chi connectivity index (χ0) is 19.1. The van der Waals surface area contributed by atoms with Crippen LogP contribution in [0.5, 0.6) is 11.5 Å².